The van der Waals surface area contributed by atoms with Crippen molar-refractivity contribution in [2.24, 2.45) is 5.92 Å². The predicted molar refractivity (Wildman–Crippen MR) is 66.4 cm³/mol. The quantitative estimate of drug-likeness (QED) is 0.714. The van der Waals surface area contributed by atoms with E-state index in [-0.39, 0.29) is 11.7 Å². The average molecular weight is 292 g/mol. The first-order chi connectivity index (χ1) is 6.83. The fourth-order valence-electron chi connectivity index (χ4n) is 1.82. The molecule has 0 saturated heterocycles. The highest BCUT2D eigenvalue weighted by atomic mass is 35.5. The number of carbonyl (C=O) groups is 1. The zero-order chi connectivity index (χ0) is 11.7. The van der Waals surface area contributed by atoms with Gasteiger partial charge in [-0.15, -0.1) is 23.2 Å². The SMILES string of the molecule is CC(Cl)(CCl)C(Cl)(Cl)C1CCCCC1=O. The maximum atomic E-state index is 11.7. The van der Waals surface area contributed by atoms with Gasteiger partial charge in [-0.3, -0.25) is 4.79 Å². The summed E-state index contributed by atoms with van der Waals surface area (Å²) in [7, 11) is 0. The Morgan fingerprint density at radius 3 is 2.40 bits per heavy atom. The molecule has 1 nitrogen and oxygen atoms in total. The van der Waals surface area contributed by atoms with Crippen LogP contribution in [-0.4, -0.2) is 20.9 Å². The van der Waals surface area contributed by atoms with Crippen LogP contribution in [0, 0.1) is 5.92 Å². The lowest BCUT2D eigenvalue weighted by molar-refractivity contribution is -0.125. The van der Waals surface area contributed by atoms with E-state index >= 15 is 0 Å². The largest absolute Gasteiger partial charge is 0.299 e. The second-order valence-electron chi connectivity index (χ2n) is 4.22. The van der Waals surface area contributed by atoms with Crippen molar-refractivity contribution in [1.82, 2.24) is 0 Å². The Morgan fingerprint density at radius 2 is 1.93 bits per heavy atom. The van der Waals surface area contributed by atoms with Gasteiger partial charge in [0.2, 0.25) is 0 Å². The van der Waals surface area contributed by atoms with E-state index in [1.807, 2.05) is 0 Å². The molecule has 0 spiro atoms. The molecule has 0 bridgehead atoms. The number of Topliss-reactive ketones (excluding diaryl/α,β-unsaturated/α-hetero) is 1. The van der Waals surface area contributed by atoms with Crippen molar-refractivity contribution >= 4 is 52.2 Å². The van der Waals surface area contributed by atoms with Crippen LogP contribution in [0.1, 0.15) is 32.6 Å². The molecule has 0 heterocycles. The Bertz CT molecular complexity index is 250. The molecule has 0 aromatic heterocycles. The minimum absolute atomic E-state index is 0.100. The Kier molecular flexibility index (Phi) is 4.63. The van der Waals surface area contributed by atoms with E-state index in [0.29, 0.717) is 12.8 Å². The number of hydrogen-bond donors (Lipinski definition) is 0. The maximum Gasteiger partial charge on any atom is 0.147 e. The smallest absolute Gasteiger partial charge is 0.147 e. The van der Waals surface area contributed by atoms with Crippen molar-refractivity contribution < 1.29 is 4.79 Å². The highest BCUT2D eigenvalue weighted by Crippen LogP contribution is 2.49. The van der Waals surface area contributed by atoms with Crippen LogP contribution in [0.2, 0.25) is 0 Å². The summed E-state index contributed by atoms with van der Waals surface area (Å²) in [5, 5.41) is 0. The second-order valence-corrected chi connectivity index (χ2v) is 6.71. The molecule has 1 rings (SSSR count). The van der Waals surface area contributed by atoms with Crippen molar-refractivity contribution in [2.75, 3.05) is 5.88 Å². The van der Waals surface area contributed by atoms with Gasteiger partial charge in [0.1, 0.15) is 10.1 Å². The fraction of sp³-hybridized carbons (Fsp3) is 0.900. The zero-order valence-electron chi connectivity index (χ0n) is 8.53. The van der Waals surface area contributed by atoms with Crippen molar-refractivity contribution in [3.63, 3.8) is 0 Å². The van der Waals surface area contributed by atoms with Crippen molar-refractivity contribution in [1.29, 1.82) is 0 Å². The van der Waals surface area contributed by atoms with Gasteiger partial charge in [0.15, 0.2) is 0 Å². The summed E-state index contributed by atoms with van der Waals surface area (Å²) in [6.45, 7) is 1.67. The monoisotopic (exact) mass is 290 g/mol. The molecular weight excluding hydrogens is 278 g/mol. The van der Waals surface area contributed by atoms with E-state index in [1.54, 1.807) is 6.92 Å². The van der Waals surface area contributed by atoms with E-state index in [4.69, 9.17) is 46.4 Å². The highest BCUT2D eigenvalue weighted by molar-refractivity contribution is 6.55. The molecule has 0 N–H and O–H groups in total. The Hall–Kier alpha value is 0.830. The molecule has 0 aromatic rings. The molecule has 1 fully saturated rings. The minimum Gasteiger partial charge on any atom is -0.299 e. The second kappa shape index (κ2) is 5.00. The lowest BCUT2D eigenvalue weighted by Gasteiger charge is -2.40. The van der Waals surface area contributed by atoms with Crippen molar-refractivity contribution in [3.05, 3.63) is 0 Å². The van der Waals surface area contributed by atoms with E-state index in [0.717, 1.165) is 12.8 Å². The molecule has 1 aliphatic carbocycles. The van der Waals surface area contributed by atoms with Crippen LogP contribution in [0.5, 0.6) is 0 Å². The molecule has 1 aliphatic rings. The standard InChI is InChI=1S/C10H14Cl4O/c1-9(12,6-11)10(13,14)7-4-2-3-5-8(7)15/h7H,2-6H2,1H3. The van der Waals surface area contributed by atoms with Gasteiger partial charge in [-0.25, -0.2) is 0 Å². The van der Waals surface area contributed by atoms with E-state index < -0.39 is 15.1 Å². The number of hydrogen-bond acceptors (Lipinski definition) is 1. The van der Waals surface area contributed by atoms with Crippen molar-refractivity contribution in [2.45, 2.75) is 41.8 Å². The predicted octanol–water partition coefficient (Wildman–Crippen LogP) is 4.16. The molecule has 0 aliphatic heterocycles. The number of ketones is 1. The summed E-state index contributed by atoms with van der Waals surface area (Å²) in [6, 6.07) is 0. The third-order valence-electron chi connectivity index (χ3n) is 2.94. The molecule has 0 aromatic carbocycles. The molecule has 15 heavy (non-hydrogen) atoms. The summed E-state index contributed by atoms with van der Waals surface area (Å²) < 4.78 is -1.28. The van der Waals surface area contributed by atoms with E-state index in [1.165, 1.54) is 0 Å². The van der Waals surface area contributed by atoms with Gasteiger partial charge in [-0.1, -0.05) is 29.6 Å². The Balaban J connectivity index is 2.88. The van der Waals surface area contributed by atoms with E-state index in [2.05, 4.69) is 0 Å². The van der Waals surface area contributed by atoms with E-state index in [9.17, 15) is 4.79 Å². The van der Waals surface area contributed by atoms with Crippen LogP contribution in [0.25, 0.3) is 0 Å². The van der Waals surface area contributed by atoms with Crippen LogP contribution < -0.4 is 0 Å². The lowest BCUT2D eigenvalue weighted by atomic mass is 9.81. The van der Waals surface area contributed by atoms with Crippen LogP contribution in [0.4, 0.5) is 0 Å². The minimum atomic E-state index is -1.28. The van der Waals surface area contributed by atoms with Gasteiger partial charge in [0, 0.05) is 12.3 Å². The summed E-state index contributed by atoms with van der Waals surface area (Å²) >= 11 is 24.4. The normalized spacial score (nSPS) is 27.5. The topological polar surface area (TPSA) is 17.1 Å². The number of halogens is 4. The first kappa shape index (κ1) is 13.9. The third kappa shape index (κ3) is 2.74. The van der Waals surface area contributed by atoms with Crippen LogP contribution in [-0.2, 0) is 4.79 Å². The molecule has 5 heteroatoms. The van der Waals surface area contributed by atoms with Crippen molar-refractivity contribution in [3.8, 4) is 0 Å². The molecule has 88 valence electrons. The first-order valence-corrected chi connectivity index (χ1v) is 6.65. The zero-order valence-corrected chi connectivity index (χ0v) is 11.6. The molecule has 1 saturated carbocycles. The summed E-state index contributed by atoms with van der Waals surface area (Å²) in [5.41, 5.74) is 0. The molecule has 2 atom stereocenters. The number of rotatable bonds is 3. The Labute approximate surface area is 110 Å². The highest BCUT2D eigenvalue weighted by Gasteiger charge is 2.52. The van der Waals surface area contributed by atoms with Gasteiger partial charge in [0.25, 0.3) is 0 Å². The van der Waals surface area contributed by atoms with Gasteiger partial charge in [-0.05, 0) is 19.8 Å². The first-order valence-electron chi connectivity index (χ1n) is 4.98. The maximum absolute atomic E-state index is 11.7. The summed E-state index contributed by atoms with van der Waals surface area (Å²) in [6.07, 6.45) is 3.12. The van der Waals surface area contributed by atoms with Gasteiger partial charge < -0.3 is 0 Å². The lowest BCUT2D eigenvalue weighted by Crippen LogP contribution is -2.49. The summed E-state index contributed by atoms with van der Waals surface area (Å²) in [4.78, 5) is 10.8. The summed E-state index contributed by atoms with van der Waals surface area (Å²) in [5.74, 6) is -0.176. The molecular formula is C10H14Cl4O. The van der Waals surface area contributed by atoms with Gasteiger partial charge >= 0.3 is 0 Å². The van der Waals surface area contributed by atoms with Crippen LogP contribution >= 0.6 is 46.4 Å². The molecule has 0 radical (unpaired) electrons. The van der Waals surface area contributed by atoms with Gasteiger partial charge in [-0.2, -0.15) is 0 Å². The molecule has 2 unspecified atom stereocenters. The number of carbonyl (C=O) groups excluding carboxylic acids is 1. The van der Waals surface area contributed by atoms with Gasteiger partial charge in [0.05, 0.1) is 10.8 Å². The van der Waals surface area contributed by atoms with Crippen LogP contribution in [0.3, 0.4) is 0 Å². The third-order valence-corrected chi connectivity index (χ3v) is 5.60. The Morgan fingerprint density at radius 1 is 1.33 bits per heavy atom. The van der Waals surface area contributed by atoms with Crippen LogP contribution in [0.15, 0.2) is 0 Å². The average Bonchev–Trinajstić information content (AvgIpc) is 2.18. The molecule has 0 amide bonds. The number of alkyl halides is 4. The fourth-order valence-corrected chi connectivity index (χ4v) is 2.89.